The van der Waals surface area contributed by atoms with E-state index in [0.29, 0.717) is 25.2 Å². The van der Waals surface area contributed by atoms with Crippen LogP contribution in [0.3, 0.4) is 0 Å². The maximum absolute atomic E-state index is 14.0. The van der Waals surface area contributed by atoms with Crippen molar-refractivity contribution in [2.75, 3.05) is 19.7 Å². The van der Waals surface area contributed by atoms with Crippen molar-refractivity contribution in [2.24, 2.45) is 0 Å². The molecule has 4 N–H and O–H groups in total. The number of alkyl halides is 2. The zero-order valence-corrected chi connectivity index (χ0v) is 23.8. The first-order valence-electron chi connectivity index (χ1n) is 14.1. The van der Waals surface area contributed by atoms with Crippen molar-refractivity contribution in [3.05, 3.63) is 35.8 Å². The molecule has 1 aromatic carbocycles. The van der Waals surface area contributed by atoms with E-state index in [4.69, 9.17) is 4.74 Å². The number of aromatic nitrogens is 3. The van der Waals surface area contributed by atoms with E-state index in [1.54, 1.807) is 4.90 Å². The van der Waals surface area contributed by atoms with E-state index < -0.39 is 89.4 Å². The van der Waals surface area contributed by atoms with Gasteiger partial charge in [0, 0.05) is 31.5 Å². The average Bonchev–Trinajstić information content (AvgIpc) is 3.47. The normalized spacial score (nSPS) is 29.8. The van der Waals surface area contributed by atoms with Crippen LogP contribution in [0.4, 0.5) is 22.0 Å². The van der Waals surface area contributed by atoms with E-state index >= 15 is 0 Å². The molecule has 1 amide bonds. The second kappa shape index (κ2) is 12.6. The maximum atomic E-state index is 14.0. The Bertz CT molecular complexity index is 1280. The number of ether oxygens (including phenoxy) is 1. The molecule has 2 aromatic rings. The Morgan fingerprint density at radius 3 is 2.28 bits per heavy atom. The van der Waals surface area contributed by atoms with Crippen molar-refractivity contribution in [1.29, 1.82) is 0 Å². The van der Waals surface area contributed by atoms with Crippen LogP contribution in [0.2, 0.25) is 0 Å². The van der Waals surface area contributed by atoms with Gasteiger partial charge in [-0.3, -0.25) is 4.79 Å². The first kappa shape index (κ1) is 32.0. The van der Waals surface area contributed by atoms with E-state index in [2.05, 4.69) is 10.3 Å². The second-order valence-electron chi connectivity index (χ2n) is 11.4. The molecule has 10 nitrogen and oxygen atoms in total. The number of amides is 1. The summed E-state index contributed by atoms with van der Waals surface area (Å²) in [7, 11) is 0. The van der Waals surface area contributed by atoms with Crippen LogP contribution in [0.5, 0.6) is 0 Å². The Labute approximate surface area is 247 Å². The molecule has 2 saturated heterocycles. The summed E-state index contributed by atoms with van der Waals surface area (Å²) < 4.78 is 76.0. The molecule has 3 heterocycles. The van der Waals surface area contributed by atoms with Gasteiger partial charge in [-0.25, -0.2) is 26.6 Å². The minimum atomic E-state index is -2.99. The van der Waals surface area contributed by atoms with Crippen LogP contribution in [0.15, 0.2) is 18.3 Å². The summed E-state index contributed by atoms with van der Waals surface area (Å²) in [5.74, 6) is -8.08. The van der Waals surface area contributed by atoms with Gasteiger partial charge < -0.3 is 30.1 Å². The molecule has 0 spiro atoms. The summed E-state index contributed by atoms with van der Waals surface area (Å²) >= 11 is 0.726. The largest absolute Gasteiger partial charge is 0.394 e. The van der Waals surface area contributed by atoms with Crippen LogP contribution in [0.25, 0.3) is 11.3 Å². The number of hydrogen-bond acceptors (Lipinski definition) is 9. The van der Waals surface area contributed by atoms with Crippen LogP contribution < -0.4 is 0 Å². The lowest BCUT2D eigenvalue weighted by Crippen LogP contribution is -2.59. The minimum Gasteiger partial charge on any atom is -0.394 e. The van der Waals surface area contributed by atoms with Crippen molar-refractivity contribution < 1.29 is 51.9 Å². The summed E-state index contributed by atoms with van der Waals surface area (Å²) in [5.41, 5.74) is -3.50. The van der Waals surface area contributed by atoms with Crippen molar-refractivity contribution in [1.82, 2.24) is 19.9 Å². The van der Waals surface area contributed by atoms with Crippen LogP contribution >= 0.6 is 11.8 Å². The zero-order chi connectivity index (χ0) is 31.1. The summed E-state index contributed by atoms with van der Waals surface area (Å²) in [5, 5.41) is 50.3. The SMILES string of the molecule is O=C([C@H](S[C@@H]1O[C@H](CO)[C@H](O)[C@H](n2cc(-c3cc(F)c(F)c(F)c3)nn2)[C@H]1O)C1(O)CCC(F)(F)CC1)N1CCCCC1. The number of aliphatic hydroxyl groups excluding tert-OH is 3. The number of carbonyl (C=O) groups is 1. The predicted molar refractivity (Wildman–Crippen MR) is 142 cm³/mol. The van der Waals surface area contributed by atoms with Gasteiger partial charge in [-0.05, 0) is 44.2 Å². The summed E-state index contributed by atoms with van der Waals surface area (Å²) in [6.07, 6.45) is -3.00. The zero-order valence-electron chi connectivity index (χ0n) is 23.0. The lowest BCUT2D eigenvalue weighted by Gasteiger charge is -2.46. The van der Waals surface area contributed by atoms with Gasteiger partial charge in [0.1, 0.15) is 40.7 Å². The molecule has 1 saturated carbocycles. The quantitative estimate of drug-likeness (QED) is 0.266. The minimum absolute atomic E-state index is 0.121. The number of benzene rings is 1. The van der Waals surface area contributed by atoms with Gasteiger partial charge in [-0.1, -0.05) is 5.21 Å². The first-order chi connectivity index (χ1) is 20.3. The smallest absolute Gasteiger partial charge is 0.248 e. The van der Waals surface area contributed by atoms with Gasteiger partial charge in [0.15, 0.2) is 17.5 Å². The van der Waals surface area contributed by atoms with Gasteiger partial charge in [0.25, 0.3) is 0 Å². The molecular weight excluding hydrogens is 603 g/mol. The second-order valence-corrected chi connectivity index (χ2v) is 12.6. The molecule has 2 aliphatic heterocycles. The Hall–Kier alpha value is -2.37. The van der Waals surface area contributed by atoms with Crippen molar-refractivity contribution in [3.63, 3.8) is 0 Å². The molecule has 6 atom stereocenters. The van der Waals surface area contributed by atoms with Gasteiger partial charge in [0.05, 0.1) is 18.4 Å². The number of rotatable bonds is 7. The standard InChI is InChI=1S/C27H33F5N4O6S/c28-15-10-14(11-16(29)19(15)30)17-12-36(34-33-17)20-21(38)18(13-37)42-25(22(20)39)43-23(24(40)35-8-2-1-3-9-35)26(41)4-6-27(31,32)7-5-26/h10-12,18,20-23,25,37-39,41H,1-9,13H2/t18-,20+,21+,22-,23+,25+/m1/s1. The van der Waals surface area contributed by atoms with Gasteiger partial charge in [-0.2, -0.15) is 0 Å². The molecule has 1 aromatic heterocycles. The van der Waals surface area contributed by atoms with E-state index in [0.717, 1.165) is 41.9 Å². The third kappa shape index (κ3) is 6.54. The number of thioether (sulfide) groups is 1. The number of halogens is 5. The van der Waals surface area contributed by atoms with E-state index in [1.807, 2.05) is 0 Å². The number of piperidine rings is 1. The maximum Gasteiger partial charge on any atom is 0.248 e. The molecule has 0 bridgehead atoms. The van der Waals surface area contributed by atoms with Crippen LogP contribution in [0.1, 0.15) is 51.0 Å². The molecule has 3 fully saturated rings. The van der Waals surface area contributed by atoms with Gasteiger partial charge in [0.2, 0.25) is 11.8 Å². The molecular formula is C27H33F5N4O6S. The molecule has 1 aliphatic carbocycles. The highest BCUT2D eigenvalue weighted by molar-refractivity contribution is 8.01. The number of carbonyl (C=O) groups excluding carboxylic acids is 1. The number of aliphatic hydroxyl groups is 4. The van der Waals surface area contributed by atoms with Crippen molar-refractivity contribution in [2.45, 2.75) is 91.5 Å². The monoisotopic (exact) mass is 636 g/mol. The van der Waals surface area contributed by atoms with Gasteiger partial charge >= 0.3 is 0 Å². The van der Waals surface area contributed by atoms with Crippen LogP contribution in [0, 0.1) is 17.5 Å². The third-order valence-corrected chi connectivity index (χ3v) is 10.0. The molecule has 16 heteroatoms. The van der Waals surface area contributed by atoms with Crippen LogP contribution in [-0.2, 0) is 9.53 Å². The molecule has 238 valence electrons. The Balaban J connectivity index is 1.44. The fourth-order valence-electron chi connectivity index (χ4n) is 5.89. The Kier molecular flexibility index (Phi) is 9.35. The summed E-state index contributed by atoms with van der Waals surface area (Å²) in [4.78, 5) is 15.3. The lowest BCUT2D eigenvalue weighted by atomic mass is 9.80. The van der Waals surface area contributed by atoms with E-state index in [9.17, 15) is 47.2 Å². The number of hydrogen-bond donors (Lipinski definition) is 4. The average molecular weight is 637 g/mol. The highest BCUT2D eigenvalue weighted by Crippen LogP contribution is 2.47. The summed E-state index contributed by atoms with van der Waals surface area (Å²) in [6.45, 7) is 0.116. The molecule has 0 radical (unpaired) electrons. The molecule has 0 unspecified atom stereocenters. The van der Waals surface area contributed by atoms with Crippen LogP contribution in [-0.4, -0.2) is 106 Å². The molecule has 5 rings (SSSR count). The molecule has 43 heavy (non-hydrogen) atoms. The Morgan fingerprint density at radius 1 is 1.05 bits per heavy atom. The van der Waals surface area contributed by atoms with Crippen molar-refractivity contribution >= 4 is 17.7 Å². The fraction of sp³-hybridized carbons (Fsp3) is 0.667. The summed E-state index contributed by atoms with van der Waals surface area (Å²) in [6, 6.07) is 0.0319. The van der Waals surface area contributed by atoms with Gasteiger partial charge in [-0.15, -0.1) is 16.9 Å². The fourth-order valence-corrected chi connectivity index (χ4v) is 7.44. The predicted octanol–water partition coefficient (Wildman–Crippen LogP) is 2.40. The topological polar surface area (TPSA) is 141 Å². The number of likely N-dealkylation sites (tertiary alicyclic amines) is 1. The first-order valence-corrected chi connectivity index (χ1v) is 15.0. The third-order valence-electron chi connectivity index (χ3n) is 8.44. The highest BCUT2D eigenvalue weighted by atomic mass is 32.2. The lowest BCUT2D eigenvalue weighted by molar-refractivity contribution is -0.179. The van der Waals surface area contributed by atoms with E-state index in [1.165, 1.54) is 0 Å². The Morgan fingerprint density at radius 2 is 1.67 bits per heavy atom. The number of nitrogens with zero attached hydrogens (tertiary/aromatic N) is 4. The van der Waals surface area contributed by atoms with Crippen molar-refractivity contribution in [3.8, 4) is 11.3 Å². The highest BCUT2D eigenvalue weighted by Gasteiger charge is 2.54. The molecule has 3 aliphatic rings. The van der Waals surface area contributed by atoms with E-state index in [-0.39, 0.29) is 24.1 Å².